The van der Waals surface area contributed by atoms with Crippen molar-refractivity contribution in [3.63, 3.8) is 0 Å². The molecule has 0 aliphatic carbocycles. The molecule has 0 aromatic heterocycles. The van der Waals surface area contributed by atoms with Crippen LogP contribution in [0.2, 0.25) is 0 Å². The van der Waals surface area contributed by atoms with Gasteiger partial charge in [0.2, 0.25) is 0 Å². The second kappa shape index (κ2) is 38.2. The summed E-state index contributed by atoms with van der Waals surface area (Å²) in [6.45, 7) is 4.60. The van der Waals surface area contributed by atoms with Crippen LogP contribution in [-0.2, 0) is 0 Å². The summed E-state index contributed by atoms with van der Waals surface area (Å²) < 4.78 is 8.61. The van der Waals surface area contributed by atoms with Crippen molar-refractivity contribution < 1.29 is 0 Å². The Kier molecular flexibility index (Phi) is 36.2. The largest absolute Gasteiger partial charge is 0.198 e. The van der Waals surface area contributed by atoms with Gasteiger partial charge in [-0.05, 0) is 24.3 Å². The summed E-state index contributed by atoms with van der Waals surface area (Å²) >= 11 is 15.7. The minimum Gasteiger partial charge on any atom is -0.198 e. The van der Waals surface area contributed by atoms with Crippen molar-refractivity contribution in [2.24, 2.45) is 0 Å². The van der Waals surface area contributed by atoms with Gasteiger partial charge < -0.3 is 0 Å². The second-order valence-electron chi connectivity index (χ2n) is 14.5. The van der Waals surface area contributed by atoms with Gasteiger partial charge in [-0.2, -0.15) is 10.5 Å². The van der Waals surface area contributed by atoms with Gasteiger partial charge >= 0.3 is 0 Å². The molecule has 2 rings (SSSR count). The average Bonchev–Trinajstić information content (AvgIpc) is 3.78. The maximum Gasteiger partial charge on any atom is 0.0717 e. The second-order valence-corrected chi connectivity index (χ2v) is 24.6. The number of hydrogen-bond acceptors (Lipinski definition) is 10. The van der Waals surface area contributed by atoms with E-state index in [9.17, 15) is 0 Å². The van der Waals surface area contributed by atoms with E-state index in [2.05, 4.69) is 49.5 Å². The molecule has 308 valence electrons. The summed E-state index contributed by atoms with van der Waals surface area (Å²) in [4.78, 5) is 0. The summed E-state index contributed by atoms with van der Waals surface area (Å²) in [6.07, 6.45) is 40.7. The van der Waals surface area contributed by atoms with Crippen LogP contribution in [0.25, 0.3) is 0 Å². The van der Waals surface area contributed by atoms with Crippen molar-refractivity contribution in [2.75, 3.05) is 23.0 Å². The van der Waals surface area contributed by atoms with Crippen molar-refractivity contribution in [1.82, 2.24) is 0 Å². The lowest BCUT2D eigenvalue weighted by atomic mass is 10.0. The van der Waals surface area contributed by atoms with Crippen LogP contribution in [0.3, 0.4) is 0 Å². The van der Waals surface area contributed by atoms with E-state index in [0.717, 1.165) is 11.5 Å². The molecule has 0 amide bonds. The van der Waals surface area contributed by atoms with E-state index in [0.29, 0.717) is 12.8 Å². The maximum atomic E-state index is 9.11. The Labute approximate surface area is 368 Å². The zero-order valence-corrected chi connectivity index (χ0v) is 40.7. The van der Waals surface area contributed by atoms with Crippen LogP contribution in [0, 0.1) is 22.7 Å². The molecular formula is C44H74N2S8. The Morgan fingerprint density at radius 3 is 0.796 bits per heavy atom. The van der Waals surface area contributed by atoms with E-state index < -0.39 is 0 Å². The summed E-state index contributed by atoms with van der Waals surface area (Å²) in [6, 6.07) is 4.61. The lowest BCUT2D eigenvalue weighted by molar-refractivity contribution is 0.538. The topological polar surface area (TPSA) is 47.6 Å². The zero-order chi connectivity index (χ0) is 38.6. The van der Waals surface area contributed by atoms with E-state index in [1.165, 1.54) is 217 Å². The highest BCUT2D eigenvalue weighted by molar-refractivity contribution is 8.45. The monoisotopic (exact) mass is 886 g/mol. The molecule has 54 heavy (non-hydrogen) atoms. The lowest BCUT2D eigenvalue weighted by Gasteiger charge is -2.06. The third kappa shape index (κ3) is 26.9. The third-order valence-corrected chi connectivity index (χ3v) is 21.3. The van der Waals surface area contributed by atoms with Gasteiger partial charge in [-0.15, -0.1) is 47.0 Å². The molecule has 0 spiro atoms. The Balaban J connectivity index is 1.74. The molecule has 0 N–H and O–H groups in total. The molecule has 0 saturated heterocycles. The molecule has 0 bridgehead atoms. The first-order valence-electron chi connectivity index (χ1n) is 21.9. The lowest BCUT2D eigenvalue weighted by Crippen LogP contribution is -1.85. The van der Waals surface area contributed by atoms with Crippen molar-refractivity contribution in [3.05, 3.63) is 25.4 Å². The van der Waals surface area contributed by atoms with E-state index >= 15 is 0 Å². The highest BCUT2D eigenvalue weighted by Gasteiger charge is 2.30. The predicted octanol–water partition coefficient (Wildman–Crippen LogP) is 19.0. The molecule has 2 aliphatic heterocycles. The fourth-order valence-electron chi connectivity index (χ4n) is 6.37. The number of hydrogen-bond donors (Lipinski definition) is 0. The molecule has 0 aromatic rings. The number of rotatable bonds is 38. The van der Waals surface area contributed by atoms with E-state index in [1.807, 2.05) is 70.6 Å². The first-order valence-corrected chi connectivity index (χ1v) is 29.1. The third-order valence-electron chi connectivity index (χ3n) is 9.60. The SMILES string of the molecule is CCCCCCCCCCCCCCCCSC1=C(SCCCCCCCCCCCCCCCC)SC(=C2SC(SCCC#N)=C(SCCC#N)S2)S1. The Bertz CT molecular complexity index is 1040. The molecule has 0 aromatic carbocycles. The van der Waals surface area contributed by atoms with Crippen molar-refractivity contribution in [3.8, 4) is 12.1 Å². The number of nitrogens with zero attached hydrogens (tertiary/aromatic N) is 2. The standard InChI is InChI=1S/C44H74N2S8/c1-3-5-7-9-11-13-15-17-19-21-23-25-27-29-35-47-39-40(48-36-30-28-26-24-22-20-18-16-14-12-10-8-6-4-2)52-43(51-39)44-53-41(49-37-31-33-45)42(54-44)50-38-32-34-46/h3-32,35-38H2,1-2H3. The fraction of sp³-hybridized carbons (Fsp3) is 0.818. The highest BCUT2D eigenvalue weighted by atomic mass is 32.3. The molecule has 0 saturated carbocycles. The first kappa shape index (κ1) is 51.1. The number of unbranched alkanes of at least 4 members (excludes halogenated alkanes) is 26. The fourth-order valence-corrected chi connectivity index (χ4v) is 18.3. The van der Waals surface area contributed by atoms with Crippen LogP contribution in [0.15, 0.2) is 25.4 Å². The van der Waals surface area contributed by atoms with Gasteiger partial charge in [0.15, 0.2) is 0 Å². The van der Waals surface area contributed by atoms with Gasteiger partial charge in [-0.3, -0.25) is 0 Å². The zero-order valence-electron chi connectivity index (χ0n) is 34.2. The van der Waals surface area contributed by atoms with E-state index in [-0.39, 0.29) is 0 Å². The average molecular weight is 888 g/mol. The van der Waals surface area contributed by atoms with Crippen molar-refractivity contribution in [1.29, 1.82) is 10.5 Å². The predicted molar refractivity (Wildman–Crippen MR) is 262 cm³/mol. The molecule has 0 fully saturated rings. The van der Waals surface area contributed by atoms with Gasteiger partial charge in [0.05, 0.1) is 37.6 Å². The van der Waals surface area contributed by atoms with Crippen LogP contribution in [0.5, 0.6) is 0 Å². The maximum absolute atomic E-state index is 9.11. The van der Waals surface area contributed by atoms with E-state index in [4.69, 9.17) is 10.5 Å². The normalized spacial score (nSPS) is 14.5. The van der Waals surface area contributed by atoms with Crippen LogP contribution < -0.4 is 0 Å². The molecule has 0 unspecified atom stereocenters. The van der Waals surface area contributed by atoms with Crippen molar-refractivity contribution in [2.45, 2.75) is 206 Å². The first-order chi connectivity index (χ1) is 26.7. The highest BCUT2D eigenvalue weighted by Crippen LogP contribution is 2.66. The Morgan fingerprint density at radius 2 is 0.556 bits per heavy atom. The van der Waals surface area contributed by atoms with Crippen molar-refractivity contribution >= 4 is 94.1 Å². The summed E-state index contributed by atoms with van der Waals surface area (Å²) in [7, 11) is 0. The summed E-state index contributed by atoms with van der Waals surface area (Å²) in [5, 5.41) is 18.2. The molecule has 0 radical (unpaired) electrons. The van der Waals surface area contributed by atoms with Crippen LogP contribution >= 0.6 is 94.1 Å². The molecule has 2 nitrogen and oxygen atoms in total. The molecular weight excluding hydrogens is 813 g/mol. The van der Waals surface area contributed by atoms with E-state index in [1.54, 1.807) is 0 Å². The van der Waals surface area contributed by atoms with Gasteiger partial charge in [-0.1, -0.05) is 228 Å². The summed E-state index contributed by atoms with van der Waals surface area (Å²) in [5.41, 5.74) is 0. The van der Waals surface area contributed by atoms with Gasteiger partial charge in [-0.25, -0.2) is 0 Å². The van der Waals surface area contributed by atoms with Gasteiger partial charge in [0.1, 0.15) is 0 Å². The van der Waals surface area contributed by atoms with Crippen LogP contribution in [0.4, 0.5) is 0 Å². The molecule has 2 heterocycles. The number of thioether (sulfide) groups is 8. The quantitative estimate of drug-likeness (QED) is 0.0560. The van der Waals surface area contributed by atoms with Crippen LogP contribution in [-0.4, -0.2) is 23.0 Å². The van der Waals surface area contributed by atoms with Gasteiger partial charge in [0, 0.05) is 24.3 Å². The van der Waals surface area contributed by atoms with Crippen LogP contribution in [0.1, 0.15) is 206 Å². The Morgan fingerprint density at radius 1 is 0.333 bits per heavy atom. The number of nitriles is 2. The summed E-state index contributed by atoms with van der Waals surface area (Å²) in [5.74, 6) is 4.14. The minimum atomic E-state index is 0.576. The molecule has 10 heteroatoms. The smallest absolute Gasteiger partial charge is 0.0717 e. The minimum absolute atomic E-state index is 0.576. The van der Waals surface area contributed by atoms with Gasteiger partial charge in [0.25, 0.3) is 0 Å². The Hall–Kier alpha value is 1.000. The molecule has 0 atom stereocenters. The molecule has 2 aliphatic rings.